The van der Waals surface area contributed by atoms with Gasteiger partial charge in [-0.2, -0.15) is 0 Å². The number of rotatable bonds is 1. The molecule has 1 aromatic rings. The zero-order valence-electron chi connectivity index (χ0n) is 11.7. The summed E-state index contributed by atoms with van der Waals surface area (Å²) in [7, 11) is 2.00. The second-order valence-corrected chi connectivity index (χ2v) is 5.15. The number of fused-ring (bicyclic) bond motifs is 1. The minimum absolute atomic E-state index is 0.0674. The van der Waals surface area contributed by atoms with Gasteiger partial charge in [-0.05, 0) is 27.0 Å². The molecule has 2 heteroatoms. The molecule has 0 spiro atoms. The Morgan fingerprint density at radius 1 is 1.29 bits per heavy atom. The molecule has 1 N–H and O–H groups in total. The van der Waals surface area contributed by atoms with Crippen LogP contribution >= 0.6 is 0 Å². The first-order valence-corrected chi connectivity index (χ1v) is 6.49. The highest BCUT2D eigenvalue weighted by atomic mass is 16.5. The van der Waals surface area contributed by atoms with Crippen LogP contribution in [-0.2, 0) is 0 Å². The number of hydrogen-bond donors (Lipinski definition) is 1. The molecule has 1 aromatic carbocycles. The van der Waals surface area contributed by atoms with Gasteiger partial charge in [-0.3, -0.25) is 0 Å². The summed E-state index contributed by atoms with van der Waals surface area (Å²) >= 11 is 0. The second kappa shape index (κ2) is 6.06. The van der Waals surface area contributed by atoms with Gasteiger partial charge in [0.15, 0.2) is 0 Å². The van der Waals surface area contributed by atoms with E-state index in [2.05, 4.69) is 45.1 Å². The first-order chi connectivity index (χ1) is 8.04. The molecule has 0 amide bonds. The van der Waals surface area contributed by atoms with E-state index in [1.54, 1.807) is 0 Å². The van der Waals surface area contributed by atoms with Gasteiger partial charge in [0, 0.05) is 18.0 Å². The maximum absolute atomic E-state index is 5.91. The molecule has 0 saturated heterocycles. The van der Waals surface area contributed by atoms with Gasteiger partial charge in [0.1, 0.15) is 11.4 Å². The first-order valence-electron chi connectivity index (χ1n) is 6.49. The number of nitrogens with one attached hydrogen (secondary N) is 1. The lowest BCUT2D eigenvalue weighted by Crippen LogP contribution is -2.38. The Kier molecular flexibility index (Phi) is 5.01. The van der Waals surface area contributed by atoms with Crippen molar-refractivity contribution >= 4 is 0 Å². The van der Waals surface area contributed by atoms with Gasteiger partial charge >= 0.3 is 0 Å². The fourth-order valence-electron chi connectivity index (χ4n) is 2.06. The highest BCUT2D eigenvalue weighted by Crippen LogP contribution is 2.38. The minimum Gasteiger partial charge on any atom is -0.487 e. The fraction of sp³-hybridized carbons (Fsp3) is 0.600. The van der Waals surface area contributed by atoms with Crippen molar-refractivity contribution < 1.29 is 4.74 Å². The molecule has 1 aliphatic rings. The number of para-hydroxylation sites is 1. The predicted molar refractivity (Wildman–Crippen MR) is 73.5 cm³/mol. The highest BCUT2D eigenvalue weighted by molar-refractivity contribution is 5.38. The Morgan fingerprint density at radius 3 is 2.47 bits per heavy atom. The molecule has 0 aliphatic carbocycles. The van der Waals surface area contributed by atoms with Gasteiger partial charge in [-0.1, -0.05) is 38.5 Å². The van der Waals surface area contributed by atoms with Crippen LogP contribution in [-0.4, -0.2) is 12.6 Å². The van der Waals surface area contributed by atoms with Crippen LogP contribution in [0, 0.1) is 0 Å². The first kappa shape index (κ1) is 14.0. The lowest BCUT2D eigenvalue weighted by Gasteiger charge is -2.37. The molecule has 0 bridgehead atoms. The van der Waals surface area contributed by atoms with Crippen LogP contribution in [0.4, 0.5) is 0 Å². The number of benzene rings is 1. The second-order valence-electron chi connectivity index (χ2n) is 5.15. The molecular weight excluding hydrogens is 210 g/mol. The lowest BCUT2D eigenvalue weighted by molar-refractivity contribution is 0.0675. The fourth-order valence-corrected chi connectivity index (χ4v) is 2.06. The normalized spacial score (nSPS) is 20.6. The monoisotopic (exact) mass is 235 g/mol. The molecule has 96 valence electrons. The zero-order chi connectivity index (χ0) is 12.9. The standard InChI is InChI=1S/C12H17NO.C3H8/c1-12(2)8-10(13-3)9-6-4-5-7-11(9)14-12;1-3-2/h4-7,10,13H,8H2,1-3H3;3H2,1-2H3. The van der Waals surface area contributed by atoms with E-state index >= 15 is 0 Å². The third-order valence-corrected chi connectivity index (χ3v) is 2.72. The summed E-state index contributed by atoms with van der Waals surface area (Å²) in [5.41, 5.74) is 1.21. The maximum Gasteiger partial charge on any atom is 0.124 e. The van der Waals surface area contributed by atoms with Crippen molar-refractivity contribution in [2.45, 2.75) is 52.2 Å². The summed E-state index contributed by atoms with van der Waals surface area (Å²) in [6, 6.07) is 8.67. The summed E-state index contributed by atoms with van der Waals surface area (Å²) in [6.45, 7) is 8.51. The molecular formula is C15H25NO. The van der Waals surface area contributed by atoms with Crippen molar-refractivity contribution in [3.63, 3.8) is 0 Å². The largest absolute Gasteiger partial charge is 0.487 e. The molecule has 1 aliphatic heterocycles. The van der Waals surface area contributed by atoms with Gasteiger partial charge in [0.2, 0.25) is 0 Å². The summed E-state index contributed by atoms with van der Waals surface area (Å²) in [5, 5.41) is 3.34. The van der Waals surface area contributed by atoms with Crippen molar-refractivity contribution in [2.24, 2.45) is 0 Å². The zero-order valence-corrected chi connectivity index (χ0v) is 11.7. The smallest absolute Gasteiger partial charge is 0.124 e. The van der Waals surface area contributed by atoms with E-state index in [0.717, 1.165) is 12.2 Å². The van der Waals surface area contributed by atoms with Crippen molar-refractivity contribution in [1.82, 2.24) is 5.32 Å². The third-order valence-electron chi connectivity index (χ3n) is 2.72. The minimum atomic E-state index is -0.0674. The van der Waals surface area contributed by atoms with Gasteiger partial charge in [-0.15, -0.1) is 0 Å². The number of hydrogen-bond acceptors (Lipinski definition) is 2. The maximum atomic E-state index is 5.91. The Balaban J connectivity index is 0.000000437. The summed E-state index contributed by atoms with van der Waals surface area (Å²) in [4.78, 5) is 0. The molecule has 1 unspecified atom stereocenters. The van der Waals surface area contributed by atoms with Crippen LogP contribution in [0.5, 0.6) is 5.75 Å². The molecule has 1 heterocycles. The number of ether oxygens (including phenoxy) is 1. The molecule has 2 rings (SSSR count). The average molecular weight is 235 g/mol. The summed E-state index contributed by atoms with van der Waals surface area (Å²) in [6.07, 6.45) is 2.26. The van der Waals surface area contributed by atoms with Crippen LogP contribution < -0.4 is 10.1 Å². The topological polar surface area (TPSA) is 21.3 Å². The van der Waals surface area contributed by atoms with E-state index < -0.39 is 0 Å². The Hall–Kier alpha value is -1.02. The van der Waals surface area contributed by atoms with E-state index in [-0.39, 0.29) is 5.60 Å². The Morgan fingerprint density at radius 2 is 1.88 bits per heavy atom. The van der Waals surface area contributed by atoms with Crippen molar-refractivity contribution in [1.29, 1.82) is 0 Å². The van der Waals surface area contributed by atoms with Crippen molar-refractivity contribution in [3.8, 4) is 5.75 Å². The van der Waals surface area contributed by atoms with Gasteiger partial charge in [-0.25, -0.2) is 0 Å². The van der Waals surface area contributed by atoms with Gasteiger partial charge in [0.25, 0.3) is 0 Å². The van der Waals surface area contributed by atoms with E-state index in [9.17, 15) is 0 Å². The lowest BCUT2D eigenvalue weighted by atomic mass is 9.90. The molecule has 2 nitrogen and oxygen atoms in total. The molecule has 1 atom stereocenters. The predicted octanol–water partition coefficient (Wildman–Crippen LogP) is 3.92. The van der Waals surface area contributed by atoms with Crippen LogP contribution in [0.1, 0.15) is 52.1 Å². The van der Waals surface area contributed by atoms with E-state index in [0.29, 0.717) is 6.04 Å². The van der Waals surface area contributed by atoms with E-state index in [1.807, 2.05) is 19.2 Å². The van der Waals surface area contributed by atoms with Crippen LogP contribution in [0.25, 0.3) is 0 Å². The highest BCUT2D eigenvalue weighted by Gasteiger charge is 2.32. The SMILES string of the molecule is CCC.CNC1CC(C)(C)Oc2ccccc21. The third kappa shape index (κ3) is 3.74. The van der Waals surface area contributed by atoms with Crippen LogP contribution in [0.3, 0.4) is 0 Å². The van der Waals surface area contributed by atoms with Crippen molar-refractivity contribution in [3.05, 3.63) is 29.8 Å². The average Bonchev–Trinajstić information content (AvgIpc) is 2.27. The molecule has 0 aromatic heterocycles. The van der Waals surface area contributed by atoms with Crippen molar-refractivity contribution in [2.75, 3.05) is 7.05 Å². The Bertz CT molecular complexity index is 347. The van der Waals surface area contributed by atoms with Crippen LogP contribution in [0.2, 0.25) is 0 Å². The molecule has 0 saturated carbocycles. The van der Waals surface area contributed by atoms with Gasteiger partial charge in [0.05, 0.1) is 0 Å². The quantitative estimate of drug-likeness (QED) is 0.796. The van der Waals surface area contributed by atoms with E-state index in [4.69, 9.17) is 4.74 Å². The Labute approximate surface area is 105 Å². The summed E-state index contributed by atoms with van der Waals surface area (Å²) < 4.78 is 5.91. The van der Waals surface area contributed by atoms with Gasteiger partial charge < -0.3 is 10.1 Å². The summed E-state index contributed by atoms with van der Waals surface area (Å²) in [5.74, 6) is 1.02. The molecule has 17 heavy (non-hydrogen) atoms. The molecule has 0 fully saturated rings. The van der Waals surface area contributed by atoms with Crippen LogP contribution in [0.15, 0.2) is 24.3 Å². The van der Waals surface area contributed by atoms with E-state index in [1.165, 1.54) is 12.0 Å². The molecule has 0 radical (unpaired) electrons.